The van der Waals surface area contributed by atoms with Crippen LogP contribution in [0, 0.1) is 0 Å². The zero-order chi connectivity index (χ0) is 15.5. The molecule has 0 amide bonds. The summed E-state index contributed by atoms with van der Waals surface area (Å²) in [6.45, 7) is 6.58. The molecule has 0 aliphatic heterocycles. The Labute approximate surface area is 129 Å². The largest absolute Gasteiger partial charge is 0.477 e. The van der Waals surface area contributed by atoms with Crippen LogP contribution in [0.25, 0.3) is 0 Å². The lowest BCUT2D eigenvalue weighted by atomic mass is 9.87. The third-order valence-corrected chi connectivity index (χ3v) is 4.25. The van der Waals surface area contributed by atoms with Gasteiger partial charge in [-0.1, -0.05) is 32.9 Å². The Balaban J connectivity index is 2.03. The van der Waals surface area contributed by atoms with E-state index in [2.05, 4.69) is 50.0 Å². The summed E-state index contributed by atoms with van der Waals surface area (Å²) in [5.41, 5.74) is 2.53. The number of aromatic carboxylic acids is 1. The summed E-state index contributed by atoms with van der Waals surface area (Å²) in [4.78, 5) is 15.9. The Morgan fingerprint density at radius 2 is 1.86 bits per heavy atom. The highest BCUT2D eigenvalue weighted by molar-refractivity contribution is 7.98. The zero-order valence-electron chi connectivity index (χ0n) is 12.5. The maximum absolute atomic E-state index is 10.9. The van der Waals surface area contributed by atoms with Crippen LogP contribution < -0.4 is 0 Å². The average Bonchev–Trinajstić information content (AvgIpc) is 2.45. The van der Waals surface area contributed by atoms with Crippen LogP contribution in [0.5, 0.6) is 0 Å². The molecule has 21 heavy (non-hydrogen) atoms. The number of hydrogen-bond acceptors (Lipinski definition) is 3. The minimum Gasteiger partial charge on any atom is -0.477 e. The molecule has 0 fully saturated rings. The molecule has 2 aromatic rings. The molecule has 0 spiro atoms. The maximum Gasteiger partial charge on any atom is 0.354 e. The molecule has 2 rings (SSSR count). The molecule has 110 valence electrons. The molecule has 1 heterocycles. The van der Waals surface area contributed by atoms with Gasteiger partial charge < -0.3 is 5.11 Å². The smallest absolute Gasteiger partial charge is 0.354 e. The van der Waals surface area contributed by atoms with E-state index < -0.39 is 5.97 Å². The quantitative estimate of drug-likeness (QED) is 0.852. The fraction of sp³-hybridized carbons (Fsp3) is 0.294. The fourth-order valence-corrected chi connectivity index (χ4v) is 2.74. The summed E-state index contributed by atoms with van der Waals surface area (Å²) in [5, 5.41) is 8.93. The number of pyridine rings is 1. The minimum absolute atomic E-state index is 0.0937. The molecule has 1 aromatic heterocycles. The Bertz CT molecular complexity index is 630. The van der Waals surface area contributed by atoms with Crippen molar-refractivity contribution in [3.63, 3.8) is 0 Å². The fourth-order valence-electron chi connectivity index (χ4n) is 1.90. The van der Waals surface area contributed by atoms with Crippen molar-refractivity contribution >= 4 is 17.7 Å². The van der Waals surface area contributed by atoms with Gasteiger partial charge in [-0.2, -0.15) is 0 Å². The highest BCUT2D eigenvalue weighted by Crippen LogP contribution is 2.27. The van der Waals surface area contributed by atoms with Gasteiger partial charge in [0, 0.05) is 16.8 Å². The lowest BCUT2D eigenvalue weighted by molar-refractivity contribution is 0.0690. The number of nitrogens with zero attached hydrogens (tertiary/aromatic N) is 1. The first kappa shape index (κ1) is 15.6. The molecule has 0 radical (unpaired) electrons. The van der Waals surface area contributed by atoms with E-state index in [0.29, 0.717) is 0 Å². The van der Waals surface area contributed by atoms with Gasteiger partial charge >= 0.3 is 5.97 Å². The highest BCUT2D eigenvalue weighted by atomic mass is 32.2. The highest BCUT2D eigenvalue weighted by Gasteiger charge is 2.12. The zero-order valence-corrected chi connectivity index (χ0v) is 13.3. The van der Waals surface area contributed by atoms with Crippen LogP contribution in [0.1, 0.15) is 42.4 Å². The van der Waals surface area contributed by atoms with Gasteiger partial charge in [-0.15, -0.1) is 11.8 Å². The lowest BCUT2D eigenvalue weighted by Gasteiger charge is -2.19. The SMILES string of the molecule is CC(C)(C)c1ccc(SCc2ccnc(C(=O)O)c2)cc1. The summed E-state index contributed by atoms with van der Waals surface area (Å²) in [7, 11) is 0. The standard InChI is InChI=1S/C17H19NO2S/c1-17(2,3)13-4-6-14(7-5-13)21-11-12-8-9-18-15(10-12)16(19)20/h4-10H,11H2,1-3H3,(H,19,20). The Morgan fingerprint density at radius 3 is 2.43 bits per heavy atom. The van der Waals surface area contributed by atoms with E-state index >= 15 is 0 Å². The van der Waals surface area contributed by atoms with E-state index in [4.69, 9.17) is 5.11 Å². The van der Waals surface area contributed by atoms with Gasteiger partial charge in [0.05, 0.1) is 0 Å². The molecule has 1 N–H and O–H groups in total. The van der Waals surface area contributed by atoms with Crippen molar-refractivity contribution in [1.82, 2.24) is 4.98 Å². The van der Waals surface area contributed by atoms with Crippen molar-refractivity contribution in [3.8, 4) is 0 Å². The molecule has 0 unspecified atom stereocenters. The third-order valence-electron chi connectivity index (χ3n) is 3.17. The molecule has 0 saturated heterocycles. The van der Waals surface area contributed by atoms with E-state index in [1.807, 2.05) is 6.07 Å². The number of carboxylic acid groups (broad SMARTS) is 1. The summed E-state index contributed by atoms with van der Waals surface area (Å²) >= 11 is 1.69. The van der Waals surface area contributed by atoms with Gasteiger partial charge in [-0.3, -0.25) is 0 Å². The van der Waals surface area contributed by atoms with Gasteiger partial charge in [0.1, 0.15) is 5.69 Å². The lowest BCUT2D eigenvalue weighted by Crippen LogP contribution is -2.10. The number of aromatic nitrogens is 1. The van der Waals surface area contributed by atoms with Crippen LogP contribution in [0.2, 0.25) is 0 Å². The van der Waals surface area contributed by atoms with Crippen molar-refractivity contribution < 1.29 is 9.90 Å². The average molecular weight is 301 g/mol. The molecule has 0 saturated carbocycles. The van der Waals surface area contributed by atoms with Crippen molar-refractivity contribution in [1.29, 1.82) is 0 Å². The number of carbonyl (C=O) groups is 1. The maximum atomic E-state index is 10.9. The van der Waals surface area contributed by atoms with E-state index in [0.717, 1.165) is 11.3 Å². The molecule has 1 aromatic carbocycles. The van der Waals surface area contributed by atoms with E-state index in [-0.39, 0.29) is 11.1 Å². The monoisotopic (exact) mass is 301 g/mol. The predicted octanol–water partition coefficient (Wildman–Crippen LogP) is 4.37. The molecular formula is C17H19NO2S. The van der Waals surface area contributed by atoms with Gasteiger partial charge in [0.15, 0.2) is 0 Å². The molecule has 0 atom stereocenters. The van der Waals surface area contributed by atoms with Gasteiger partial charge in [-0.05, 0) is 40.8 Å². The first-order valence-electron chi connectivity index (χ1n) is 6.78. The second-order valence-electron chi connectivity index (χ2n) is 5.92. The second kappa shape index (κ2) is 6.31. The molecule has 0 aliphatic carbocycles. The topological polar surface area (TPSA) is 50.2 Å². The number of hydrogen-bond donors (Lipinski definition) is 1. The van der Waals surface area contributed by atoms with E-state index in [1.54, 1.807) is 24.0 Å². The Kier molecular flexibility index (Phi) is 4.68. The molecule has 0 aliphatic rings. The molecule has 4 heteroatoms. The first-order valence-corrected chi connectivity index (χ1v) is 7.76. The summed E-state index contributed by atoms with van der Waals surface area (Å²) in [6, 6.07) is 12.0. The van der Waals surface area contributed by atoms with Crippen LogP contribution >= 0.6 is 11.8 Å². The van der Waals surface area contributed by atoms with Crippen molar-refractivity contribution in [2.75, 3.05) is 0 Å². The van der Waals surface area contributed by atoms with Gasteiger partial charge in [0.25, 0.3) is 0 Å². The predicted molar refractivity (Wildman–Crippen MR) is 85.9 cm³/mol. The first-order chi connectivity index (χ1) is 9.86. The second-order valence-corrected chi connectivity index (χ2v) is 6.97. The number of carboxylic acids is 1. The molecule has 0 bridgehead atoms. The van der Waals surface area contributed by atoms with E-state index in [1.165, 1.54) is 10.5 Å². The van der Waals surface area contributed by atoms with Crippen LogP contribution in [-0.2, 0) is 11.2 Å². The van der Waals surface area contributed by atoms with Crippen molar-refractivity contribution in [2.45, 2.75) is 36.8 Å². The summed E-state index contributed by atoms with van der Waals surface area (Å²) in [6.07, 6.45) is 1.54. The molecular weight excluding hydrogens is 282 g/mol. The number of benzene rings is 1. The number of rotatable bonds is 4. The number of thioether (sulfide) groups is 1. The van der Waals surface area contributed by atoms with Crippen molar-refractivity contribution in [2.24, 2.45) is 0 Å². The normalized spacial score (nSPS) is 11.4. The summed E-state index contributed by atoms with van der Waals surface area (Å²) < 4.78 is 0. The summed E-state index contributed by atoms with van der Waals surface area (Å²) in [5.74, 6) is -0.256. The minimum atomic E-state index is -0.989. The van der Waals surface area contributed by atoms with E-state index in [9.17, 15) is 4.79 Å². The van der Waals surface area contributed by atoms with Gasteiger partial charge in [-0.25, -0.2) is 9.78 Å². The third kappa shape index (κ3) is 4.33. The van der Waals surface area contributed by atoms with Crippen LogP contribution in [0.15, 0.2) is 47.5 Å². The van der Waals surface area contributed by atoms with Gasteiger partial charge in [0.2, 0.25) is 0 Å². The van der Waals surface area contributed by atoms with Crippen molar-refractivity contribution in [3.05, 3.63) is 59.4 Å². The van der Waals surface area contributed by atoms with Crippen LogP contribution in [0.3, 0.4) is 0 Å². The van der Waals surface area contributed by atoms with Crippen LogP contribution in [-0.4, -0.2) is 16.1 Å². The Hall–Kier alpha value is -1.81. The Morgan fingerprint density at radius 1 is 1.19 bits per heavy atom. The van der Waals surface area contributed by atoms with Crippen LogP contribution in [0.4, 0.5) is 0 Å². The molecule has 3 nitrogen and oxygen atoms in total.